The first kappa shape index (κ1) is 52.9. The highest BCUT2D eigenvalue weighted by Crippen LogP contribution is 2.23. The van der Waals surface area contributed by atoms with Crippen molar-refractivity contribution in [1.29, 1.82) is 0 Å². The summed E-state index contributed by atoms with van der Waals surface area (Å²) in [5.74, 6) is -0.311. The summed E-state index contributed by atoms with van der Waals surface area (Å²) >= 11 is 0. The van der Waals surface area contributed by atoms with Crippen molar-refractivity contribution < 1.29 is 44.2 Å². The van der Waals surface area contributed by atoms with Gasteiger partial charge < -0.3 is 39.4 Å². The van der Waals surface area contributed by atoms with Crippen molar-refractivity contribution in [2.75, 3.05) is 26.4 Å². The van der Waals surface area contributed by atoms with Crippen molar-refractivity contribution in [3.63, 3.8) is 0 Å². The fraction of sp³-hybridized carbons (Fsp3) is 0.936. The molecule has 0 aromatic heterocycles. The third-order valence-electron chi connectivity index (χ3n) is 11.2. The molecule has 332 valence electrons. The van der Waals surface area contributed by atoms with Crippen molar-refractivity contribution in [2.24, 2.45) is 0 Å². The molecule has 1 aliphatic rings. The Hall–Kier alpha value is -1.07. The van der Waals surface area contributed by atoms with Gasteiger partial charge in [-0.1, -0.05) is 193 Å². The fourth-order valence-corrected chi connectivity index (χ4v) is 7.42. The largest absolute Gasteiger partial charge is 0.457 e. The van der Waals surface area contributed by atoms with Crippen LogP contribution in [-0.4, -0.2) is 89.6 Å². The van der Waals surface area contributed by atoms with E-state index >= 15 is 0 Å². The topological polar surface area (TPSA) is 135 Å². The standard InChI is InChI=1S/C47H90O9/c1-3-5-7-9-11-13-15-17-18-19-20-21-22-23-24-25-26-28-30-32-34-36-43(49)55-41(40-54-47-46(52)45(51)44(50)42(38-48)56-47)39-53-37-35-33-31-29-27-16-14-12-10-8-6-4-2/h10,12,41-42,44-48,50-52H,3-9,11,13-40H2,1-2H3/b12-10-. The maximum absolute atomic E-state index is 12.8. The van der Waals surface area contributed by atoms with E-state index in [0.29, 0.717) is 13.0 Å². The van der Waals surface area contributed by atoms with Gasteiger partial charge in [0.1, 0.15) is 30.5 Å². The van der Waals surface area contributed by atoms with E-state index in [0.717, 1.165) is 38.5 Å². The molecule has 0 spiro atoms. The van der Waals surface area contributed by atoms with E-state index in [1.807, 2.05) is 0 Å². The van der Waals surface area contributed by atoms with E-state index in [1.165, 1.54) is 161 Å². The number of aliphatic hydroxyl groups excluding tert-OH is 4. The normalized spacial score (nSPS) is 20.6. The van der Waals surface area contributed by atoms with Gasteiger partial charge in [-0.2, -0.15) is 0 Å². The molecule has 4 N–H and O–H groups in total. The summed E-state index contributed by atoms with van der Waals surface area (Å²) in [6.45, 7) is 4.55. The zero-order valence-electron chi connectivity index (χ0n) is 36.4. The highest BCUT2D eigenvalue weighted by molar-refractivity contribution is 5.69. The SMILES string of the molecule is CCCC/C=C\CCCCCCCCOCC(COC1OC(CO)C(O)C(O)C1O)OC(=O)CCCCCCCCCCCCCCCCCCCCCCC. The monoisotopic (exact) mass is 799 g/mol. The molecule has 9 nitrogen and oxygen atoms in total. The van der Waals surface area contributed by atoms with E-state index in [-0.39, 0.29) is 19.2 Å². The van der Waals surface area contributed by atoms with Gasteiger partial charge in [-0.3, -0.25) is 4.79 Å². The van der Waals surface area contributed by atoms with Gasteiger partial charge in [0, 0.05) is 13.0 Å². The van der Waals surface area contributed by atoms with Crippen LogP contribution in [0.25, 0.3) is 0 Å². The summed E-state index contributed by atoms with van der Waals surface area (Å²) in [5.41, 5.74) is 0. The maximum Gasteiger partial charge on any atom is 0.306 e. The third-order valence-corrected chi connectivity index (χ3v) is 11.2. The number of hydrogen-bond acceptors (Lipinski definition) is 9. The molecule has 0 aromatic carbocycles. The lowest BCUT2D eigenvalue weighted by Gasteiger charge is -2.39. The average molecular weight is 799 g/mol. The Bertz CT molecular complexity index is 869. The zero-order valence-corrected chi connectivity index (χ0v) is 36.4. The number of hydrogen-bond donors (Lipinski definition) is 4. The minimum Gasteiger partial charge on any atom is -0.457 e. The molecular formula is C47H90O9. The van der Waals surface area contributed by atoms with Gasteiger partial charge in [-0.25, -0.2) is 0 Å². The molecule has 1 rings (SSSR count). The van der Waals surface area contributed by atoms with Crippen LogP contribution >= 0.6 is 0 Å². The summed E-state index contributed by atoms with van der Waals surface area (Å²) in [4.78, 5) is 12.8. The van der Waals surface area contributed by atoms with E-state index in [2.05, 4.69) is 26.0 Å². The highest BCUT2D eigenvalue weighted by atomic mass is 16.7. The van der Waals surface area contributed by atoms with Crippen LogP contribution in [0.15, 0.2) is 12.2 Å². The van der Waals surface area contributed by atoms with Crippen LogP contribution in [0.2, 0.25) is 0 Å². The van der Waals surface area contributed by atoms with Crippen molar-refractivity contribution in [2.45, 2.75) is 256 Å². The number of rotatable bonds is 41. The van der Waals surface area contributed by atoms with Crippen LogP contribution in [0.4, 0.5) is 0 Å². The second-order valence-corrected chi connectivity index (χ2v) is 16.6. The van der Waals surface area contributed by atoms with Crippen LogP contribution in [0.3, 0.4) is 0 Å². The van der Waals surface area contributed by atoms with E-state index < -0.39 is 43.4 Å². The Morgan fingerprint density at radius 1 is 0.554 bits per heavy atom. The first-order chi connectivity index (χ1) is 27.4. The van der Waals surface area contributed by atoms with Gasteiger partial charge in [0.05, 0.1) is 19.8 Å². The zero-order chi connectivity index (χ0) is 40.7. The van der Waals surface area contributed by atoms with Crippen molar-refractivity contribution >= 4 is 5.97 Å². The van der Waals surface area contributed by atoms with E-state index in [9.17, 15) is 25.2 Å². The lowest BCUT2D eigenvalue weighted by Crippen LogP contribution is -2.59. The van der Waals surface area contributed by atoms with Crippen LogP contribution in [0.1, 0.15) is 219 Å². The molecule has 0 radical (unpaired) electrons. The van der Waals surface area contributed by atoms with Crippen molar-refractivity contribution in [3.05, 3.63) is 12.2 Å². The lowest BCUT2D eigenvalue weighted by atomic mass is 9.99. The Balaban J connectivity index is 2.19. The summed E-state index contributed by atoms with van der Waals surface area (Å²) < 4.78 is 22.8. The fourth-order valence-electron chi connectivity index (χ4n) is 7.42. The van der Waals surface area contributed by atoms with Crippen LogP contribution < -0.4 is 0 Å². The molecule has 9 heteroatoms. The predicted octanol–water partition coefficient (Wildman–Crippen LogP) is 10.8. The molecule has 1 heterocycles. The van der Waals surface area contributed by atoms with E-state index in [1.54, 1.807) is 0 Å². The highest BCUT2D eigenvalue weighted by Gasteiger charge is 2.44. The summed E-state index contributed by atoms with van der Waals surface area (Å²) in [6.07, 6.45) is 36.7. The smallest absolute Gasteiger partial charge is 0.306 e. The number of carbonyl (C=O) groups excluding carboxylic acids is 1. The van der Waals surface area contributed by atoms with Gasteiger partial charge >= 0.3 is 5.97 Å². The molecule has 1 aliphatic heterocycles. The summed E-state index contributed by atoms with van der Waals surface area (Å²) in [7, 11) is 0. The quantitative estimate of drug-likeness (QED) is 0.0271. The Morgan fingerprint density at radius 3 is 1.50 bits per heavy atom. The molecule has 0 aromatic rings. The van der Waals surface area contributed by atoms with Crippen LogP contribution in [0.5, 0.6) is 0 Å². The van der Waals surface area contributed by atoms with Gasteiger partial charge in [0.25, 0.3) is 0 Å². The number of esters is 1. The lowest BCUT2D eigenvalue weighted by molar-refractivity contribution is -0.305. The second kappa shape index (κ2) is 39.4. The summed E-state index contributed by atoms with van der Waals surface area (Å²) in [6, 6.07) is 0. The van der Waals surface area contributed by atoms with Gasteiger partial charge in [0.2, 0.25) is 0 Å². The average Bonchev–Trinajstić information content (AvgIpc) is 3.20. The molecular weight excluding hydrogens is 709 g/mol. The van der Waals surface area contributed by atoms with Crippen molar-refractivity contribution in [3.8, 4) is 0 Å². The molecule has 56 heavy (non-hydrogen) atoms. The Labute approximate surface area is 344 Å². The predicted molar refractivity (Wildman–Crippen MR) is 229 cm³/mol. The first-order valence-corrected chi connectivity index (χ1v) is 23.8. The number of ether oxygens (including phenoxy) is 4. The number of allylic oxidation sites excluding steroid dienone is 2. The molecule has 1 saturated heterocycles. The van der Waals surface area contributed by atoms with Gasteiger partial charge in [0.15, 0.2) is 6.29 Å². The maximum atomic E-state index is 12.8. The van der Waals surface area contributed by atoms with Crippen LogP contribution in [-0.2, 0) is 23.7 Å². The third kappa shape index (κ3) is 30.0. The Kier molecular flexibility index (Phi) is 37.2. The minimum absolute atomic E-state index is 0.110. The summed E-state index contributed by atoms with van der Waals surface area (Å²) in [5, 5.41) is 40.1. The van der Waals surface area contributed by atoms with Gasteiger partial charge in [-0.05, 0) is 32.1 Å². The number of carbonyl (C=O) groups is 1. The van der Waals surface area contributed by atoms with Gasteiger partial charge in [-0.15, -0.1) is 0 Å². The second-order valence-electron chi connectivity index (χ2n) is 16.6. The Morgan fingerprint density at radius 2 is 1.00 bits per heavy atom. The molecule has 1 fully saturated rings. The number of unbranched alkanes of at least 4 members (excludes halogenated alkanes) is 28. The van der Waals surface area contributed by atoms with Crippen molar-refractivity contribution in [1.82, 2.24) is 0 Å². The first-order valence-electron chi connectivity index (χ1n) is 23.8. The molecule has 0 aliphatic carbocycles. The minimum atomic E-state index is -1.53. The molecule has 0 saturated carbocycles. The van der Waals surface area contributed by atoms with E-state index in [4.69, 9.17) is 18.9 Å². The molecule has 6 atom stereocenters. The molecule has 0 amide bonds. The molecule has 0 bridgehead atoms. The molecule has 6 unspecified atom stereocenters. The van der Waals surface area contributed by atoms with Crippen LogP contribution in [0, 0.1) is 0 Å². The number of aliphatic hydroxyl groups is 4.